The molecule has 19 heavy (non-hydrogen) atoms. The van der Waals surface area contributed by atoms with Crippen LogP contribution in [-0.2, 0) is 9.53 Å². The van der Waals surface area contributed by atoms with Crippen LogP contribution >= 0.6 is 0 Å². The highest BCUT2D eigenvalue weighted by Gasteiger charge is 2.25. The van der Waals surface area contributed by atoms with Gasteiger partial charge in [-0.3, -0.25) is 4.79 Å². The van der Waals surface area contributed by atoms with E-state index in [2.05, 4.69) is 24.1 Å². The van der Waals surface area contributed by atoms with Gasteiger partial charge in [0, 0.05) is 19.1 Å². The first-order valence-electron chi connectivity index (χ1n) is 7.57. The van der Waals surface area contributed by atoms with E-state index in [1.165, 1.54) is 32.8 Å². The second kappa shape index (κ2) is 8.54. The second-order valence-electron chi connectivity index (χ2n) is 5.98. The molecule has 0 bridgehead atoms. The predicted molar refractivity (Wildman–Crippen MR) is 78.1 cm³/mol. The summed E-state index contributed by atoms with van der Waals surface area (Å²) in [5, 5.41) is 3.05. The van der Waals surface area contributed by atoms with Gasteiger partial charge in [0.05, 0.1) is 7.11 Å². The Hall–Kier alpha value is -0.610. The molecule has 1 saturated carbocycles. The molecule has 0 aliphatic heterocycles. The molecule has 112 valence electrons. The van der Waals surface area contributed by atoms with E-state index < -0.39 is 0 Å². The average Bonchev–Trinajstić information content (AvgIpc) is 2.91. The number of hydrogen-bond acceptors (Lipinski definition) is 4. The molecule has 0 aromatic heterocycles. The summed E-state index contributed by atoms with van der Waals surface area (Å²) < 4.78 is 4.82. The van der Waals surface area contributed by atoms with Crippen LogP contribution in [0.2, 0.25) is 0 Å². The lowest BCUT2D eigenvalue weighted by Gasteiger charge is -2.31. The molecule has 1 aliphatic rings. The van der Waals surface area contributed by atoms with Crippen molar-refractivity contribution in [1.82, 2.24) is 10.2 Å². The van der Waals surface area contributed by atoms with E-state index in [4.69, 9.17) is 4.74 Å². The first kappa shape index (κ1) is 16.4. The highest BCUT2D eigenvalue weighted by molar-refractivity contribution is 5.75. The third-order valence-electron chi connectivity index (χ3n) is 3.98. The van der Waals surface area contributed by atoms with Crippen molar-refractivity contribution in [2.75, 3.05) is 27.2 Å². The van der Waals surface area contributed by atoms with Gasteiger partial charge in [0.2, 0.25) is 0 Å². The molecule has 0 radical (unpaired) electrons. The lowest BCUT2D eigenvalue weighted by atomic mass is 10.1. The van der Waals surface area contributed by atoms with E-state index in [1.807, 2.05) is 7.05 Å². The molecular weight excluding hydrogens is 240 g/mol. The quantitative estimate of drug-likeness (QED) is 0.685. The summed E-state index contributed by atoms with van der Waals surface area (Å²) in [4.78, 5) is 14.2. The maximum absolute atomic E-state index is 11.6. The molecule has 0 amide bonds. The van der Waals surface area contributed by atoms with Crippen LogP contribution in [0.4, 0.5) is 0 Å². The maximum atomic E-state index is 11.6. The highest BCUT2D eigenvalue weighted by atomic mass is 16.5. The monoisotopic (exact) mass is 270 g/mol. The summed E-state index contributed by atoms with van der Waals surface area (Å²) in [7, 11) is 3.28. The molecule has 1 aliphatic carbocycles. The Morgan fingerprint density at radius 2 is 2.00 bits per heavy atom. The smallest absolute Gasteiger partial charge is 0.322 e. The Morgan fingerprint density at radius 1 is 1.37 bits per heavy atom. The predicted octanol–water partition coefficient (Wildman–Crippen LogP) is 2.04. The van der Waals surface area contributed by atoms with Crippen LogP contribution in [0.5, 0.6) is 0 Å². The summed E-state index contributed by atoms with van der Waals surface area (Å²) in [5.74, 6) is 0.519. The molecule has 1 N–H and O–H groups in total. The van der Waals surface area contributed by atoms with E-state index in [0.29, 0.717) is 5.92 Å². The van der Waals surface area contributed by atoms with Gasteiger partial charge in [-0.1, -0.05) is 26.7 Å². The van der Waals surface area contributed by atoms with Gasteiger partial charge in [0.25, 0.3) is 0 Å². The first-order chi connectivity index (χ1) is 9.08. The van der Waals surface area contributed by atoms with Crippen LogP contribution in [0.3, 0.4) is 0 Å². The standard InChI is InChI=1S/C15H30N2O2/c1-12(2)11-17(13-7-5-6-8-13)10-9-14(16-3)15(18)19-4/h12-14,16H,5-11H2,1-4H3. The highest BCUT2D eigenvalue weighted by Crippen LogP contribution is 2.24. The van der Waals surface area contributed by atoms with Crippen LogP contribution in [0.1, 0.15) is 46.0 Å². The zero-order valence-electron chi connectivity index (χ0n) is 12.9. The van der Waals surface area contributed by atoms with Crippen molar-refractivity contribution in [1.29, 1.82) is 0 Å². The van der Waals surface area contributed by atoms with E-state index in [0.717, 1.165) is 25.6 Å². The molecule has 0 aromatic carbocycles. The van der Waals surface area contributed by atoms with Crippen molar-refractivity contribution >= 4 is 5.97 Å². The number of carbonyl (C=O) groups excluding carboxylic acids is 1. The summed E-state index contributed by atoms with van der Waals surface area (Å²) in [5.41, 5.74) is 0. The van der Waals surface area contributed by atoms with E-state index >= 15 is 0 Å². The normalized spacial score (nSPS) is 18.2. The number of nitrogens with zero attached hydrogens (tertiary/aromatic N) is 1. The molecule has 4 nitrogen and oxygen atoms in total. The molecule has 1 atom stereocenters. The van der Waals surface area contributed by atoms with Crippen LogP contribution < -0.4 is 5.32 Å². The van der Waals surface area contributed by atoms with Crippen molar-refractivity contribution in [3.05, 3.63) is 0 Å². The van der Waals surface area contributed by atoms with Gasteiger partial charge >= 0.3 is 5.97 Å². The molecule has 0 aromatic rings. The van der Waals surface area contributed by atoms with Crippen molar-refractivity contribution in [3.8, 4) is 0 Å². The largest absolute Gasteiger partial charge is 0.468 e. The molecule has 1 fully saturated rings. The maximum Gasteiger partial charge on any atom is 0.322 e. The molecule has 4 heteroatoms. The minimum atomic E-state index is -0.180. The van der Waals surface area contributed by atoms with Gasteiger partial charge in [-0.2, -0.15) is 0 Å². The molecule has 0 saturated heterocycles. The Bertz CT molecular complexity index is 263. The van der Waals surface area contributed by atoms with Gasteiger partial charge in [-0.25, -0.2) is 0 Å². The Balaban J connectivity index is 2.48. The Morgan fingerprint density at radius 3 is 2.47 bits per heavy atom. The Kier molecular flexibility index (Phi) is 7.39. The summed E-state index contributed by atoms with van der Waals surface area (Å²) in [6, 6.07) is 0.540. The fourth-order valence-corrected chi connectivity index (χ4v) is 2.98. The topological polar surface area (TPSA) is 41.6 Å². The number of esters is 1. The number of rotatable bonds is 8. The van der Waals surface area contributed by atoms with Gasteiger partial charge < -0.3 is 15.0 Å². The van der Waals surface area contributed by atoms with Gasteiger partial charge in [-0.15, -0.1) is 0 Å². The van der Waals surface area contributed by atoms with Crippen molar-refractivity contribution < 1.29 is 9.53 Å². The average molecular weight is 270 g/mol. The Labute approximate surface area is 117 Å². The van der Waals surface area contributed by atoms with Crippen LogP contribution in [0, 0.1) is 5.92 Å². The van der Waals surface area contributed by atoms with E-state index in [1.54, 1.807) is 0 Å². The van der Waals surface area contributed by atoms with E-state index in [-0.39, 0.29) is 12.0 Å². The van der Waals surface area contributed by atoms with Crippen LogP contribution in [0.25, 0.3) is 0 Å². The number of nitrogens with one attached hydrogen (secondary N) is 1. The lowest BCUT2D eigenvalue weighted by molar-refractivity contribution is -0.143. The van der Waals surface area contributed by atoms with Gasteiger partial charge in [-0.05, 0) is 32.2 Å². The molecule has 0 heterocycles. The number of hydrogen-bond donors (Lipinski definition) is 1. The zero-order valence-corrected chi connectivity index (χ0v) is 12.9. The number of methoxy groups -OCH3 is 1. The molecular formula is C15H30N2O2. The summed E-state index contributed by atoms with van der Waals surface area (Å²) in [6.45, 7) is 6.63. The summed E-state index contributed by atoms with van der Waals surface area (Å²) in [6.07, 6.45) is 6.16. The van der Waals surface area contributed by atoms with Crippen molar-refractivity contribution in [2.24, 2.45) is 5.92 Å². The zero-order chi connectivity index (χ0) is 14.3. The summed E-state index contributed by atoms with van der Waals surface area (Å²) >= 11 is 0. The minimum Gasteiger partial charge on any atom is -0.468 e. The molecule has 0 spiro atoms. The van der Waals surface area contributed by atoms with Gasteiger partial charge in [0.15, 0.2) is 0 Å². The lowest BCUT2D eigenvalue weighted by Crippen LogP contribution is -2.42. The first-order valence-corrected chi connectivity index (χ1v) is 7.57. The number of ether oxygens (including phenoxy) is 1. The van der Waals surface area contributed by atoms with Crippen LogP contribution in [0.15, 0.2) is 0 Å². The van der Waals surface area contributed by atoms with Crippen molar-refractivity contribution in [3.63, 3.8) is 0 Å². The number of carbonyl (C=O) groups is 1. The third-order valence-corrected chi connectivity index (χ3v) is 3.98. The van der Waals surface area contributed by atoms with E-state index in [9.17, 15) is 4.79 Å². The molecule has 1 unspecified atom stereocenters. The third kappa shape index (κ3) is 5.49. The van der Waals surface area contributed by atoms with Crippen molar-refractivity contribution in [2.45, 2.75) is 58.0 Å². The van der Waals surface area contributed by atoms with Gasteiger partial charge in [0.1, 0.15) is 6.04 Å². The number of likely N-dealkylation sites (N-methyl/N-ethyl adjacent to an activating group) is 1. The van der Waals surface area contributed by atoms with Crippen LogP contribution in [-0.4, -0.2) is 50.2 Å². The fourth-order valence-electron chi connectivity index (χ4n) is 2.98. The minimum absolute atomic E-state index is 0.154. The molecule has 1 rings (SSSR count). The second-order valence-corrected chi connectivity index (χ2v) is 5.98. The SMILES string of the molecule is CNC(CCN(CC(C)C)C1CCCC1)C(=O)OC. The fraction of sp³-hybridized carbons (Fsp3) is 0.933.